The first-order valence-electron chi connectivity index (χ1n) is 9.45. The lowest BCUT2D eigenvalue weighted by atomic mass is 9.78. The van der Waals surface area contributed by atoms with Gasteiger partial charge in [0.25, 0.3) is 5.69 Å². The number of amides is 1. The second-order valence-corrected chi connectivity index (χ2v) is 7.59. The van der Waals surface area contributed by atoms with Crippen LogP contribution in [0.25, 0.3) is 0 Å². The van der Waals surface area contributed by atoms with E-state index in [0.717, 1.165) is 30.1 Å². The topological polar surface area (TPSA) is 66.7 Å². The molecule has 2 fully saturated rings. The third-order valence-electron chi connectivity index (χ3n) is 6.17. The Morgan fingerprint density at radius 1 is 1.16 bits per heavy atom. The number of piperidine rings is 1. The number of benzene rings is 1. The van der Waals surface area contributed by atoms with Gasteiger partial charge in [-0.15, -0.1) is 0 Å². The van der Waals surface area contributed by atoms with Crippen molar-refractivity contribution >= 4 is 17.3 Å². The van der Waals surface area contributed by atoms with E-state index in [-0.39, 0.29) is 11.6 Å². The zero-order valence-electron chi connectivity index (χ0n) is 14.5. The largest absolute Gasteiger partial charge is 0.310 e. The molecule has 1 aliphatic carbocycles. The van der Waals surface area contributed by atoms with E-state index in [0.29, 0.717) is 19.1 Å². The molecular weight excluding hydrogens is 318 g/mol. The summed E-state index contributed by atoms with van der Waals surface area (Å²) in [4.78, 5) is 27.7. The molecule has 134 valence electrons. The van der Waals surface area contributed by atoms with E-state index < -0.39 is 4.92 Å². The van der Waals surface area contributed by atoms with Gasteiger partial charge in [0.2, 0.25) is 5.91 Å². The molecule has 1 saturated heterocycles. The smallest absolute Gasteiger partial charge is 0.271 e. The van der Waals surface area contributed by atoms with Gasteiger partial charge in [-0.05, 0) is 50.1 Å². The van der Waals surface area contributed by atoms with Crippen LogP contribution in [-0.4, -0.2) is 41.4 Å². The Bertz CT molecular complexity index is 688. The van der Waals surface area contributed by atoms with Crippen LogP contribution in [0.15, 0.2) is 18.2 Å². The van der Waals surface area contributed by atoms with E-state index in [4.69, 9.17) is 0 Å². The Morgan fingerprint density at radius 3 is 2.80 bits per heavy atom. The summed E-state index contributed by atoms with van der Waals surface area (Å²) >= 11 is 0. The second kappa shape index (κ2) is 6.75. The molecule has 4 rings (SSSR count). The standard InChI is InChI=1S/C19H25N3O3/c23-19(13-20-10-3-5-14-4-1-2-6-17(14)20)21-11-9-15-7-8-16(22(24)25)12-18(15)21/h7-8,12,14,17H,1-6,9-11,13H2/t14-,17-/m0/s1. The van der Waals surface area contributed by atoms with E-state index >= 15 is 0 Å². The van der Waals surface area contributed by atoms with Crippen LogP contribution in [0, 0.1) is 16.0 Å². The predicted molar refractivity (Wildman–Crippen MR) is 95.7 cm³/mol. The molecule has 2 heterocycles. The lowest BCUT2D eigenvalue weighted by Crippen LogP contribution is -2.51. The lowest BCUT2D eigenvalue weighted by molar-refractivity contribution is -0.384. The Labute approximate surface area is 147 Å². The summed E-state index contributed by atoms with van der Waals surface area (Å²) in [5.74, 6) is 0.840. The number of likely N-dealkylation sites (tertiary alicyclic amines) is 1. The highest BCUT2D eigenvalue weighted by Gasteiger charge is 2.35. The molecule has 0 bridgehead atoms. The maximum Gasteiger partial charge on any atom is 0.271 e. The molecule has 6 heteroatoms. The summed E-state index contributed by atoms with van der Waals surface area (Å²) in [5.41, 5.74) is 1.83. The lowest BCUT2D eigenvalue weighted by Gasteiger charge is -2.44. The summed E-state index contributed by atoms with van der Waals surface area (Å²) in [6, 6.07) is 5.43. The van der Waals surface area contributed by atoms with Crippen LogP contribution in [0.5, 0.6) is 0 Å². The Hall–Kier alpha value is -1.95. The highest BCUT2D eigenvalue weighted by atomic mass is 16.6. The van der Waals surface area contributed by atoms with Gasteiger partial charge in [0.1, 0.15) is 0 Å². The predicted octanol–water partition coefficient (Wildman–Crippen LogP) is 3.14. The minimum Gasteiger partial charge on any atom is -0.310 e. The number of carbonyl (C=O) groups is 1. The molecule has 1 amide bonds. The van der Waals surface area contributed by atoms with Gasteiger partial charge >= 0.3 is 0 Å². The van der Waals surface area contributed by atoms with Crippen LogP contribution in [0.3, 0.4) is 0 Å². The quantitative estimate of drug-likeness (QED) is 0.625. The first-order valence-corrected chi connectivity index (χ1v) is 9.45. The van der Waals surface area contributed by atoms with Gasteiger partial charge in [-0.3, -0.25) is 19.8 Å². The number of non-ortho nitro benzene ring substituents is 1. The van der Waals surface area contributed by atoms with Gasteiger partial charge in [0, 0.05) is 24.7 Å². The van der Waals surface area contributed by atoms with Crippen LogP contribution in [-0.2, 0) is 11.2 Å². The van der Waals surface area contributed by atoms with Gasteiger partial charge in [0.05, 0.1) is 17.2 Å². The fourth-order valence-corrected chi connectivity index (χ4v) is 4.92. The molecule has 6 nitrogen and oxygen atoms in total. The highest BCUT2D eigenvalue weighted by molar-refractivity contribution is 5.97. The molecule has 2 atom stereocenters. The highest BCUT2D eigenvalue weighted by Crippen LogP contribution is 2.36. The average Bonchev–Trinajstić information content (AvgIpc) is 3.05. The van der Waals surface area contributed by atoms with Crippen LogP contribution >= 0.6 is 0 Å². The van der Waals surface area contributed by atoms with E-state index in [2.05, 4.69) is 4.90 Å². The third-order valence-corrected chi connectivity index (χ3v) is 6.17. The maximum absolute atomic E-state index is 12.9. The van der Waals surface area contributed by atoms with Gasteiger partial charge in [-0.25, -0.2) is 0 Å². The Kier molecular flexibility index (Phi) is 4.46. The minimum atomic E-state index is -0.390. The Morgan fingerprint density at radius 2 is 1.96 bits per heavy atom. The van der Waals surface area contributed by atoms with Crippen LogP contribution in [0.2, 0.25) is 0 Å². The fourth-order valence-electron chi connectivity index (χ4n) is 4.92. The summed E-state index contributed by atoms with van der Waals surface area (Å²) < 4.78 is 0. The van der Waals surface area contributed by atoms with E-state index in [1.54, 1.807) is 17.0 Å². The number of nitro benzene ring substituents is 1. The van der Waals surface area contributed by atoms with Crippen molar-refractivity contribution in [3.05, 3.63) is 33.9 Å². The zero-order valence-corrected chi connectivity index (χ0v) is 14.5. The number of rotatable bonds is 3. The van der Waals surface area contributed by atoms with Crippen molar-refractivity contribution in [2.24, 2.45) is 5.92 Å². The van der Waals surface area contributed by atoms with Crippen LogP contribution < -0.4 is 4.90 Å². The molecule has 0 radical (unpaired) electrons. The number of carbonyl (C=O) groups excluding carboxylic acids is 1. The van der Waals surface area contributed by atoms with Crippen molar-refractivity contribution in [2.45, 2.75) is 51.0 Å². The van der Waals surface area contributed by atoms with Gasteiger partial charge in [-0.2, -0.15) is 0 Å². The molecule has 1 aromatic carbocycles. The SMILES string of the molecule is O=C(CN1CCC[C@@H]2CCCC[C@@H]21)N1CCc2ccc([N+](=O)[O-])cc21. The number of fused-ring (bicyclic) bond motifs is 2. The van der Waals surface area contributed by atoms with Crippen LogP contribution in [0.1, 0.15) is 44.1 Å². The number of nitrogens with zero attached hydrogens (tertiary/aromatic N) is 3. The summed E-state index contributed by atoms with van der Waals surface area (Å²) in [5, 5.41) is 11.0. The third kappa shape index (κ3) is 3.15. The first kappa shape index (κ1) is 16.5. The minimum absolute atomic E-state index is 0.0590. The Balaban J connectivity index is 1.49. The molecule has 0 N–H and O–H groups in total. The molecule has 1 saturated carbocycles. The molecule has 2 aliphatic heterocycles. The molecule has 25 heavy (non-hydrogen) atoms. The molecular formula is C19H25N3O3. The molecule has 3 aliphatic rings. The second-order valence-electron chi connectivity index (χ2n) is 7.59. The number of nitro groups is 1. The molecule has 0 aromatic heterocycles. The van der Waals surface area contributed by atoms with E-state index in [1.807, 2.05) is 0 Å². The summed E-state index contributed by atoms with van der Waals surface area (Å²) in [7, 11) is 0. The van der Waals surface area contributed by atoms with Gasteiger partial charge in [0.15, 0.2) is 0 Å². The number of hydrogen-bond acceptors (Lipinski definition) is 4. The number of anilines is 1. The van der Waals surface area contributed by atoms with Crippen molar-refractivity contribution in [2.75, 3.05) is 24.5 Å². The van der Waals surface area contributed by atoms with Crippen molar-refractivity contribution < 1.29 is 9.72 Å². The first-order chi connectivity index (χ1) is 12.1. The van der Waals surface area contributed by atoms with Crippen molar-refractivity contribution in [3.63, 3.8) is 0 Å². The monoisotopic (exact) mass is 343 g/mol. The number of hydrogen-bond donors (Lipinski definition) is 0. The van der Waals surface area contributed by atoms with E-state index in [1.165, 1.54) is 44.6 Å². The maximum atomic E-state index is 12.9. The average molecular weight is 343 g/mol. The zero-order chi connectivity index (χ0) is 17.4. The van der Waals surface area contributed by atoms with Gasteiger partial charge < -0.3 is 4.90 Å². The van der Waals surface area contributed by atoms with Gasteiger partial charge in [-0.1, -0.05) is 18.9 Å². The molecule has 0 spiro atoms. The van der Waals surface area contributed by atoms with E-state index in [9.17, 15) is 14.9 Å². The summed E-state index contributed by atoms with van der Waals surface area (Å²) in [6.45, 7) is 2.09. The summed E-state index contributed by atoms with van der Waals surface area (Å²) in [6.07, 6.45) is 8.36. The molecule has 1 aromatic rings. The normalized spacial score (nSPS) is 26.2. The van der Waals surface area contributed by atoms with Crippen molar-refractivity contribution in [1.82, 2.24) is 4.90 Å². The fraction of sp³-hybridized carbons (Fsp3) is 0.632. The van der Waals surface area contributed by atoms with Crippen molar-refractivity contribution in [1.29, 1.82) is 0 Å². The van der Waals surface area contributed by atoms with Crippen LogP contribution in [0.4, 0.5) is 11.4 Å². The van der Waals surface area contributed by atoms with Crippen molar-refractivity contribution in [3.8, 4) is 0 Å². The molecule has 0 unspecified atom stereocenters.